The fourth-order valence-electron chi connectivity index (χ4n) is 1.66. The SMILES string of the molecule is COc1cc(C(C)O)ccc1NCc1cnc(Cl)s1. The van der Waals surface area contributed by atoms with Crippen molar-refractivity contribution in [3.05, 3.63) is 39.3 Å². The maximum atomic E-state index is 9.55. The molecule has 19 heavy (non-hydrogen) atoms. The number of ether oxygens (including phenoxy) is 1. The number of nitrogens with one attached hydrogen (secondary N) is 1. The lowest BCUT2D eigenvalue weighted by Crippen LogP contribution is -2.01. The molecule has 6 heteroatoms. The lowest BCUT2D eigenvalue weighted by molar-refractivity contribution is 0.199. The number of anilines is 1. The number of aliphatic hydroxyl groups excluding tert-OH is 1. The molecule has 0 amide bonds. The van der Waals surface area contributed by atoms with E-state index in [2.05, 4.69) is 10.3 Å². The van der Waals surface area contributed by atoms with Gasteiger partial charge in [-0.2, -0.15) is 0 Å². The number of hydrogen-bond acceptors (Lipinski definition) is 5. The van der Waals surface area contributed by atoms with Crippen molar-refractivity contribution < 1.29 is 9.84 Å². The second-order valence-corrected chi connectivity index (χ2v) is 5.77. The molecule has 2 aromatic rings. The Balaban J connectivity index is 2.11. The van der Waals surface area contributed by atoms with Gasteiger partial charge in [-0.25, -0.2) is 4.98 Å². The molecule has 1 atom stereocenters. The smallest absolute Gasteiger partial charge is 0.183 e. The molecule has 2 rings (SSSR count). The van der Waals surface area contributed by atoms with Gasteiger partial charge in [0.15, 0.2) is 4.47 Å². The first-order valence-corrected chi connectivity index (χ1v) is 6.99. The quantitative estimate of drug-likeness (QED) is 0.887. The Hall–Kier alpha value is -1.30. The number of halogens is 1. The van der Waals surface area contributed by atoms with Crippen LogP contribution in [0.25, 0.3) is 0 Å². The van der Waals surface area contributed by atoms with Gasteiger partial charge in [0.25, 0.3) is 0 Å². The molecular formula is C13H15ClN2O2S. The number of methoxy groups -OCH3 is 1. The van der Waals surface area contributed by atoms with Crippen molar-refractivity contribution in [3.8, 4) is 5.75 Å². The van der Waals surface area contributed by atoms with Crippen LogP contribution in [0.4, 0.5) is 5.69 Å². The van der Waals surface area contributed by atoms with Gasteiger partial charge < -0.3 is 15.2 Å². The molecule has 0 radical (unpaired) electrons. The Bertz CT molecular complexity index is 557. The van der Waals surface area contributed by atoms with E-state index in [4.69, 9.17) is 16.3 Å². The van der Waals surface area contributed by atoms with Crippen LogP contribution in [0.3, 0.4) is 0 Å². The third kappa shape index (κ3) is 3.59. The molecule has 0 saturated carbocycles. The third-order valence-electron chi connectivity index (χ3n) is 2.69. The number of thiazole rings is 1. The summed E-state index contributed by atoms with van der Waals surface area (Å²) in [5, 5.41) is 12.8. The summed E-state index contributed by atoms with van der Waals surface area (Å²) in [7, 11) is 1.61. The van der Waals surface area contributed by atoms with Gasteiger partial charge >= 0.3 is 0 Å². The van der Waals surface area contributed by atoms with Gasteiger partial charge in [-0.3, -0.25) is 0 Å². The number of nitrogens with zero attached hydrogens (tertiary/aromatic N) is 1. The zero-order valence-electron chi connectivity index (χ0n) is 10.7. The van der Waals surface area contributed by atoms with E-state index in [9.17, 15) is 5.11 Å². The van der Waals surface area contributed by atoms with Gasteiger partial charge in [0, 0.05) is 11.1 Å². The lowest BCUT2D eigenvalue weighted by atomic mass is 10.1. The fourth-order valence-corrected chi connectivity index (χ4v) is 2.58. The number of rotatable bonds is 5. The molecule has 1 aromatic carbocycles. The van der Waals surface area contributed by atoms with Crippen molar-refractivity contribution in [1.82, 2.24) is 4.98 Å². The molecule has 0 saturated heterocycles. The fraction of sp³-hybridized carbons (Fsp3) is 0.308. The summed E-state index contributed by atoms with van der Waals surface area (Å²) in [6.07, 6.45) is 1.24. The van der Waals surface area contributed by atoms with E-state index in [1.165, 1.54) is 11.3 Å². The average molecular weight is 299 g/mol. The van der Waals surface area contributed by atoms with Crippen molar-refractivity contribution >= 4 is 28.6 Å². The highest BCUT2D eigenvalue weighted by Gasteiger charge is 2.08. The summed E-state index contributed by atoms with van der Waals surface area (Å²) in [4.78, 5) is 5.04. The Morgan fingerprint density at radius 2 is 2.32 bits per heavy atom. The van der Waals surface area contributed by atoms with Crippen molar-refractivity contribution in [2.24, 2.45) is 0 Å². The number of benzene rings is 1. The predicted octanol–water partition coefficient (Wildman–Crippen LogP) is 3.47. The molecule has 0 aliphatic heterocycles. The van der Waals surface area contributed by atoms with Crippen molar-refractivity contribution in [3.63, 3.8) is 0 Å². The van der Waals surface area contributed by atoms with Crippen molar-refractivity contribution in [1.29, 1.82) is 0 Å². The molecule has 0 aliphatic rings. The maximum Gasteiger partial charge on any atom is 0.183 e. The van der Waals surface area contributed by atoms with Crippen LogP contribution in [0.2, 0.25) is 4.47 Å². The molecule has 102 valence electrons. The van der Waals surface area contributed by atoms with Crippen LogP contribution in [0, 0.1) is 0 Å². The van der Waals surface area contributed by atoms with E-state index in [1.807, 2.05) is 18.2 Å². The Labute approximate surface area is 121 Å². The first-order valence-electron chi connectivity index (χ1n) is 5.80. The van der Waals surface area contributed by atoms with E-state index in [-0.39, 0.29) is 0 Å². The van der Waals surface area contributed by atoms with E-state index in [0.717, 1.165) is 16.1 Å². The monoisotopic (exact) mass is 298 g/mol. The van der Waals surface area contributed by atoms with E-state index in [0.29, 0.717) is 16.8 Å². The van der Waals surface area contributed by atoms with Gasteiger partial charge in [-0.15, -0.1) is 11.3 Å². The van der Waals surface area contributed by atoms with Crippen molar-refractivity contribution in [2.45, 2.75) is 19.6 Å². The minimum Gasteiger partial charge on any atom is -0.495 e. The molecule has 0 bridgehead atoms. The Kier molecular flexibility index (Phi) is 4.63. The lowest BCUT2D eigenvalue weighted by Gasteiger charge is -2.13. The summed E-state index contributed by atoms with van der Waals surface area (Å²) >= 11 is 7.22. The summed E-state index contributed by atoms with van der Waals surface area (Å²) < 4.78 is 5.85. The van der Waals surface area contributed by atoms with E-state index >= 15 is 0 Å². The zero-order chi connectivity index (χ0) is 13.8. The molecule has 1 unspecified atom stereocenters. The van der Waals surface area contributed by atoms with Crippen LogP contribution in [0.15, 0.2) is 24.4 Å². The summed E-state index contributed by atoms with van der Waals surface area (Å²) in [5.74, 6) is 0.703. The zero-order valence-corrected chi connectivity index (χ0v) is 12.3. The highest BCUT2D eigenvalue weighted by Crippen LogP contribution is 2.29. The largest absolute Gasteiger partial charge is 0.495 e. The Morgan fingerprint density at radius 1 is 1.53 bits per heavy atom. The highest BCUT2D eigenvalue weighted by molar-refractivity contribution is 7.15. The summed E-state index contributed by atoms with van der Waals surface area (Å²) in [5.41, 5.74) is 1.69. The second-order valence-electron chi connectivity index (χ2n) is 4.07. The van der Waals surface area contributed by atoms with Crippen molar-refractivity contribution in [2.75, 3.05) is 12.4 Å². The first-order chi connectivity index (χ1) is 9.10. The topological polar surface area (TPSA) is 54.4 Å². The highest BCUT2D eigenvalue weighted by atomic mass is 35.5. The normalized spacial score (nSPS) is 12.2. The molecule has 0 spiro atoms. The molecule has 0 fully saturated rings. The molecule has 2 N–H and O–H groups in total. The molecule has 0 aliphatic carbocycles. The van der Waals surface area contributed by atoms with Crippen LogP contribution in [-0.2, 0) is 6.54 Å². The predicted molar refractivity (Wildman–Crippen MR) is 78.1 cm³/mol. The van der Waals surface area contributed by atoms with Crippen LogP contribution >= 0.6 is 22.9 Å². The summed E-state index contributed by atoms with van der Waals surface area (Å²) in [6, 6.07) is 5.59. The number of aromatic nitrogens is 1. The van der Waals surface area contributed by atoms with Crippen LogP contribution < -0.4 is 10.1 Å². The van der Waals surface area contributed by atoms with Gasteiger partial charge in [0.05, 0.1) is 25.4 Å². The summed E-state index contributed by atoms with van der Waals surface area (Å²) in [6.45, 7) is 2.36. The van der Waals surface area contributed by atoms with Gasteiger partial charge in [-0.05, 0) is 24.6 Å². The van der Waals surface area contributed by atoms with Crippen LogP contribution in [0.1, 0.15) is 23.5 Å². The molecule has 1 aromatic heterocycles. The van der Waals surface area contributed by atoms with E-state index < -0.39 is 6.10 Å². The Morgan fingerprint density at radius 3 is 2.89 bits per heavy atom. The minimum atomic E-state index is -0.511. The number of aliphatic hydroxyl groups is 1. The minimum absolute atomic E-state index is 0.511. The average Bonchev–Trinajstić information content (AvgIpc) is 2.81. The second kappa shape index (κ2) is 6.23. The third-order valence-corrected chi connectivity index (χ3v) is 3.80. The number of hydrogen-bond donors (Lipinski definition) is 2. The first kappa shape index (κ1) is 14.1. The van der Waals surface area contributed by atoms with Gasteiger partial charge in [0.2, 0.25) is 0 Å². The van der Waals surface area contributed by atoms with E-state index in [1.54, 1.807) is 20.2 Å². The molecule has 4 nitrogen and oxygen atoms in total. The van der Waals surface area contributed by atoms with Gasteiger partial charge in [-0.1, -0.05) is 17.7 Å². The maximum absolute atomic E-state index is 9.55. The van der Waals surface area contributed by atoms with Crippen LogP contribution in [-0.4, -0.2) is 17.2 Å². The molecular weight excluding hydrogens is 284 g/mol. The van der Waals surface area contributed by atoms with Gasteiger partial charge in [0.1, 0.15) is 5.75 Å². The molecule has 1 heterocycles. The van der Waals surface area contributed by atoms with Crippen LogP contribution in [0.5, 0.6) is 5.75 Å². The standard InChI is InChI=1S/C13H15ClN2O2S/c1-8(17)9-3-4-11(12(5-9)18-2)15-6-10-7-16-13(14)19-10/h3-5,7-8,15,17H,6H2,1-2H3.